The fourth-order valence-corrected chi connectivity index (χ4v) is 2.74. The van der Waals surface area contributed by atoms with E-state index in [4.69, 9.17) is 16.3 Å². The molecular weight excluding hydrogens is 330 g/mol. The number of aromatic nitrogens is 1. The first-order chi connectivity index (χ1) is 11.6. The minimum Gasteiger partial charge on any atom is -0.496 e. The van der Waals surface area contributed by atoms with Crippen LogP contribution in [0.1, 0.15) is 23.2 Å². The van der Waals surface area contributed by atoms with E-state index in [1.165, 1.54) is 7.11 Å². The van der Waals surface area contributed by atoms with Gasteiger partial charge in [-0.15, -0.1) is 0 Å². The van der Waals surface area contributed by atoms with Gasteiger partial charge >= 0.3 is 0 Å². The zero-order valence-corrected chi connectivity index (χ0v) is 13.8. The van der Waals surface area contributed by atoms with Crippen LogP contribution in [-0.2, 0) is 4.79 Å². The van der Waals surface area contributed by atoms with Gasteiger partial charge in [-0.05, 0) is 36.8 Å². The Labute approximate surface area is 144 Å². The van der Waals surface area contributed by atoms with Crippen LogP contribution in [0.15, 0.2) is 36.5 Å². The number of hydrogen-bond donors (Lipinski definition) is 1. The van der Waals surface area contributed by atoms with E-state index in [1.807, 2.05) is 0 Å². The highest BCUT2D eigenvalue weighted by Crippen LogP contribution is 2.25. The van der Waals surface area contributed by atoms with E-state index in [0.717, 1.165) is 12.1 Å². The molecule has 0 aliphatic carbocycles. The summed E-state index contributed by atoms with van der Waals surface area (Å²) < 4.78 is 5.17. The van der Waals surface area contributed by atoms with Gasteiger partial charge in [0.15, 0.2) is 0 Å². The van der Waals surface area contributed by atoms with Crippen LogP contribution in [0.3, 0.4) is 0 Å². The van der Waals surface area contributed by atoms with E-state index in [2.05, 4.69) is 10.3 Å². The lowest BCUT2D eigenvalue weighted by Crippen LogP contribution is -2.23. The molecule has 2 amide bonds. The highest BCUT2D eigenvalue weighted by molar-refractivity contribution is 6.31. The first-order valence-electron chi connectivity index (χ1n) is 7.50. The Balaban J connectivity index is 1.74. The van der Waals surface area contributed by atoms with Crippen LogP contribution in [0.25, 0.3) is 0 Å². The van der Waals surface area contributed by atoms with Crippen molar-refractivity contribution >= 4 is 34.9 Å². The normalized spacial score (nSPS) is 13.9. The summed E-state index contributed by atoms with van der Waals surface area (Å²) in [6.07, 6.45) is 3.00. The molecule has 1 fully saturated rings. The number of carbonyl (C=O) groups is 2. The second kappa shape index (κ2) is 6.88. The summed E-state index contributed by atoms with van der Waals surface area (Å²) in [7, 11) is 1.47. The van der Waals surface area contributed by atoms with Crippen LogP contribution in [0.2, 0.25) is 5.02 Å². The highest BCUT2D eigenvalue weighted by Gasteiger charge is 2.22. The van der Waals surface area contributed by atoms with Crippen LogP contribution in [-0.4, -0.2) is 30.5 Å². The van der Waals surface area contributed by atoms with Crippen molar-refractivity contribution in [3.8, 4) is 5.75 Å². The molecule has 1 aromatic heterocycles. The average Bonchev–Trinajstić information content (AvgIpc) is 3.01. The molecule has 1 aliphatic rings. The minimum absolute atomic E-state index is 0.0967. The predicted molar refractivity (Wildman–Crippen MR) is 91.8 cm³/mol. The molecule has 0 radical (unpaired) electrons. The smallest absolute Gasteiger partial charge is 0.260 e. The summed E-state index contributed by atoms with van der Waals surface area (Å²) in [6, 6.07) is 8.22. The van der Waals surface area contributed by atoms with Crippen molar-refractivity contribution in [2.24, 2.45) is 0 Å². The molecule has 3 rings (SSSR count). The van der Waals surface area contributed by atoms with Gasteiger partial charge in [0.05, 0.1) is 24.6 Å². The van der Waals surface area contributed by atoms with Crippen LogP contribution < -0.4 is 15.0 Å². The third-order valence-electron chi connectivity index (χ3n) is 3.78. The number of anilines is 2. The SMILES string of the molecule is COc1cc(Cl)ccc1C(=O)Nc1ccc(N2CCCC2=O)cn1. The van der Waals surface area contributed by atoms with Crippen molar-refractivity contribution < 1.29 is 14.3 Å². The molecule has 2 heterocycles. The molecule has 0 saturated carbocycles. The molecule has 0 unspecified atom stereocenters. The van der Waals surface area contributed by atoms with Gasteiger partial charge in [0, 0.05) is 18.0 Å². The van der Waals surface area contributed by atoms with E-state index < -0.39 is 0 Å². The molecule has 1 aromatic carbocycles. The topological polar surface area (TPSA) is 71.5 Å². The monoisotopic (exact) mass is 345 g/mol. The molecule has 124 valence electrons. The van der Waals surface area contributed by atoms with Crippen LogP contribution in [0.4, 0.5) is 11.5 Å². The van der Waals surface area contributed by atoms with Crippen molar-refractivity contribution in [2.45, 2.75) is 12.8 Å². The van der Waals surface area contributed by atoms with Gasteiger partial charge in [-0.2, -0.15) is 0 Å². The predicted octanol–water partition coefficient (Wildman–Crippen LogP) is 3.12. The van der Waals surface area contributed by atoms with Gasteiger partial charge in [0.25, 0.3) is 5.91 Å². The lowest BCUT2D eigenvalue weighted by Gasteiger charge is -2.15. The average molecular weight is 346 g/mol. The first kappa shape index (κ1) is 16.3. The van der Waals surface area contributed by atoms with Crippen molar-refractivity contribution in [1.29, 1.82) is 0 Å². The van der Waals surface area contributed by atoms with Crippen molar-refractivity contribution in [1.82, 2.24) is 4.98 Å². The molecule has 1 N–H and O–H groups in total. The largest absolute Gasteiger partial charge is 0.496 e. The summed E-state index contributed by atoms with van der Waals surface area (Å²) in [5.74, 6) is 0.534. The van der Waals surface area contributed by atoms with Crippen LogP contribution >= 0.6 is 11.6 Å². The molecule has 0 spiro atoms. The molecular formula is C17H16ClN3O3. The summed E-state index contributed by atoms with van der Waals surface area (Å²) in [5.41, 5.74) is 1.10. The Morgan fingerprint density at radius 2 is 2.17 bits per heavy atom. The fraction of sp³-hybridized carbons (Fsp3) is 0.235. The van der Waals surface area contributed by atoms with Crippen molar-refractivity contribution in [3.05, 3.63) is 47.1 Å². The van der Waals surface area contributed by atoms with Gasteiger partial charge in [-0.25, -0.2) is 4.98 Å². The maximum Gasteiger partial charge on any atom is 0.260 e. The zero-order chi connectivity index (χ0) is 17.1. The lowest BCUT2D eigenvalue weighted by atomic mass is 10.2. The number of halogens is 1. The maximum absolute atomic E-state index is 12.4. The first-order valence-corrected chi connectivity index (χ1v) is 7.87. The van der Waals surface area contributed by atoms with E-state index in [0.29, 0.717) is 35.1 Å². The highest BCUT2D eigenvalue weighted by atomic mass is 35.5. The standard InChI is InChI=1S/C17H16ClN3O3/c1-24-14-9-11(18)4-6-13(14)17(23)20-15-7-5-12(10-19-15)21-8-2-3-16(21)22/h4-7,9-10H,2-3,8H2,1H3,(H,19,20,23). The quantitative estimate of drug-likeness (QED) is 0.924. The molecule has 0 bridgehead atoms. The van der Waals surface area contributed by atoms with Gasteiger partial charge in [0.1, 0.15) is 11.6 Å². The summed E-state index contributed by atoms with van der Waals surface area (Å²) in [5, 5.41) is 3.19. The summed E-state index contributed by atoms with van der Waals surface area (Å²) >= 11 is 5.90. The summed E-state index contributed by atoms with van der Waals surface area (Å²) in [4.78, 5) is 30.0. The van der Waals surface area contributed by atoms with E-state index in [1.54, 1.807) is 41.4 Å². The third kappa shape index (κ3) is 3.33. The lowest BCUT2D eigenvalue weighted by molar-refractivity contribution is -0.117. The number of ether oxygens (including phenoxy) is 1. The molecule has 2 aromatic rings. The van der Waals surface area contributed by atoms with E-state index in [-0.39, 0.29) is 11.8 Å². The Bertz CT molecular complexity index is 777. The number of amides is 2. The number of methoxy groups -OCH3 is 1. The van der Waals surface area contributed by atoms with Crippen LogP contribution in [0, 0.1) is 0 Å². The van der Waals surface area contributed by atoms with E-state index >= 15 is 0 Å². The third-order valence-corrected chi connectivity index (χ3v) is 4.02. The summed E-state index contributed by atoms with van der Waals surface area (Å²) in [6.45, 7) is 0.703. The van der Waals surface area contributed by atoms with E-state index in [9.17, 15) is 9.59 Å². The number of hydrogen-bond acceptors (Lipinski definition) is 4. The molecule has 0 atom stereocenters. The molecule has 6 nitrogen and oxygen atoms in total. The molecule has 24 heavy (non-hydrogen) atoms. The molecule has 7 heteroatoms. The maximum atomic E-state index is 12.4. The number of carbonyl (C=O) groups excluding carboxylic acids is 2. The number of nitrogens with one attached hydrogen (secondary N) is 1. The molecule has 1 aliphatic heterocycles. The second-order valence-electron chi connectivity index (χ2n) is 5.35. The van der Waals surface area contributed by atoms with Crippen molar-refractivity contribution in [3.63, 3.8) is 0 Å². The van der Waals surface area contributed by atoms with Gasteiger partial charge in [-0.3, -0.25) is 9.59 Å². The van der Waals surface area contributed by atoms with Crippen molar-refractivity contribution in [2.75, 3.05) is 23.9 Å². The van der Waals surface area contributed by atoms with Gasteiger partial charge in [0.2, 0.25) is 5.91 Å². The zero-order valence-electron chi connectivity index (χ0n) is 13.1. The Morgan fingerprint density at radius 1 is 1.33 bits per heavy atom. The Kier molecular flexibility index (Phi) is 4.66. The van der Waals surface area contributed by atoms with Gasteiger partial charge < -0.3 is 15.0 Å². The molecule has 1 saturated heterocycles. The minimum atomic E-state index is -0.346. The fourth-order valence-electron chi connectivity index (χ4n) is 2.58. The van der Waals surface area contributed by atoms with Crippen LogP contribution in [0.5, 0.6) is 5.75 Å². The number of rotatable bonds is 4. The number of nitrogens with zero attached hydrogens (tertiary/aromatic N) is 2. The Morgan fingerprint density at radius 3 is 2.79 bits per heavy atom. The van der Waals surface area contributed by atoms with Gasteiger partial charge in [-0.1, -0.05) is 11.6 Å². The second-order valence-corrected chi connectivity index (χ2v) is 5.79. The Hall–Kier alpha value is -2.60. The number of benzene rings is 1. The number of pyridine rings is 1.